The number of nitrogens with two attached hydrogens (primary N) is 1. The predicted octanol–water partition coefficient (Wildman–Crippen LogP) is 4.62. The second kappa shape index (κ2) is 5.99. The second-order valence-corrected chi connectivity index (χ2v) is 5.42. The molecule has 0 spiro atoms. The lowest BCUT2D eigenvalue weighted by molar-refractivity contribution is 0.613. The molecular weight excluding hydrogens is 336 g/mol. The van der Waals surface area contributed by atoms with Crippen molar-refractivity contribution >= 4 is 27.5 Å². The number of hydrogen-bond donors (Lipinski definition) is 1. The number of benzene rings is 2. The van der Waals surface area contributed by atoms with Crippen LogP contribution in [0, 0.1) is 11.6 Å². The maximum Gasteiger partial charge on any atom is 0.142 e. The summed E-state index contributed by atoms with van der Waals surface area (Å²) in [6, 6.07) is 8.37. The third kappa shape index (κ3) is 3.32. The first-order valence-electron chi connectivity index (χ1n) is 5.62. The predicted molar refractivity (Wildman–Crippen MR) is 76.1 cm³/mol. The van der Waals surface area contributed by atoms with Crippen molar-refractivity contribution in [3.05, 3.63) is 68.7 Å². The van der Waals surface area contributed by atoms with E-state index in [2.05, 4.69) is 15.9 Å². The molecular formula is C14H11BrClF2N. The Bertz CT molecular complexity index is 604. The minimum atomic E-state index is -0.507. The normalized spacial score (nSPS) is 12.5. The number of halogens is 4. The summed E-state index contributed by atoms with van der Waals surface area (Å²) < 4.78 is 27.3. The standard InChI is InChI=1S/C14H11BrClF2N/c15-11-5-4-9(17)6-8(11)7-13(19)10-2-1-3-12(18)14(10)16/h1-6,13H,7,19H2. The third-order valence-electron chi connectivity index (χ3n) is 2.83. The van der Waals surface area contributed by atoms with Crippen molar-refractivity contribution < 1.29 is 8.78 Å². The molecule has 0 aliphatic carbocycles. The van der Waals surface area contributed by atoms with Gasteiger partial charge in [0.25, 0.3) is 0 Å². The zero-order valence-electron chi connectivity index (χ0n) is 9.84. The smallest absolute Gasteiger partial charge is 0.142 e. The minimum Gasteiger partial charge on any atom is -0.324 e. The fourth-order valence-corrected chi connectivity index (χ4v) is 2.53. The van der Waals surface area contributed by atoms with Gasteiger partial charge in [0.2, 0.25) is 0 Å². The summed E-state index contributed by atoms with van der Waals surface area (Å²) in [5.74, 6) is -0.844. The molecule has 100 valence electrons. The molecule has 1 unspecified atom stereocenters. The van der Waals surface area contributed by atoms with Crippen LogP contribution in [0.2, 0.25) is 5.02 Å². The summed E-state index contributed by atoms with van der Waals surface area (Å²) in [7, 11) is 0. The Balaban J connectivity index is 2.28. The largest absolute Gasteiger partial charge is 0.324 e. The Morgan fingerprint density at radius 2 is 1.95 bits per heavy atom. The Hall–Kier alpha value is -0.970. The zero-order valence-corrected chi connectivity index (χ0v) is 12.2. The van der Waals surface area contributed by atoms with Crippen LogP contribution >= 0.6 is 27.5 Å². The first kappa shape index (κ1) is 14.4. The highest BCUT2D eigenvalue weighted by molar-refractivity contribution is 9.10. The molecule has 0 saturated carbocycles. The van der Waals surface area contributed by atoms with Gasteiger partial charge in [-0.25, -0.2) is 8.78 Å². The topological polar surface area (TPSA) is 26.0 Å². The van der Waals surface area contributed by atoms with Crippen molar-refractivity contribution in [2.24, 2.45) is 5.73 Å². The van der Waals surface area contributed by atoms with Gasteiger partial charge in [0, 0.05) is 10.5 Å². The van der Waals surface area contributed by atoms with Gasteiger partial charge in [0.1, 0.15) is 11.6 Å². The first-order chi connectivity index (χ1) is 8.99. The van der Waals surface area contributed by atoms with E-state index in [0.29, 0.717) is 17.5 Å². The van der Waals surface area contributed by atoms with Crippen LogP contribution in [0.5, 0.6) is 0 Å². The highest BCUT2D eigenvalue weighted by Gasteiger charge is 2.15. The van der Waals surface area contributed by atoms with Crippen LogP contribution in [0.15, 0.2) is 40.9 Å². The molecule has 0 saturated heterocycles. The van der Waals surface area contributed by atoms with E-state index in [1.807, 2.05) is 0 Å². The lowest BCUT2D eigenvalue weighted by atomic mass is 9.99. The van der Waals surface area contributed by atoms with Gasteiger partial charge in [-0.1, -0.05) is 39.7 Å². The van der Waals surface area contributed by atoms with Crippen LogP contribution in [-0.4, -0.2) is 0 Å². The number of hydrogen-bond acceptors (Lipinski definition) is 1. The molecule has 2 N–H and O–H groups in total. The molecule has 0 heterocycles. The molecule has 2 aromatic carbocycles. The van der Waals surface area contributed by atoms with E-state index < -0.39 is 11.9 Å². The van der Waals surface area contributed by atoms with Gasteiger partial charge in [-0.05, 0) is 41.8 Å². The van der Waals surface area contributed by atoms with Crippen molar-refractivity contribution in [1.82, 2.24) is 0 Å². The maximum atomic E-state index is 13.4. The van der Waals surface area contributed by atoms with Crippen molar-refractivity contribution in [2.45, 2.75) is 12.5 Å². The maximum absolute atomic E-state index is 13.4. The molecule has 1 nitrogen and oxygen atoms in total. The van der Waals surface area contributed by atoms with Crippen LogP contribution in [0.25, 0.3) is 0 Å². The highest BCUT2D eigenvalue weighted by Crippen LogP contribution is 2.28. The van der Waals surface area contributed by atoms with Gasteiger partial charge in [0.05, 0.1) is 5.02 Å². The fraction of sp³-hybridized carbons (Fsp3) is 0.143. The van der Waals surface area contributed by atoms with Crippen LogP contribution < -0.4 is 5.73 Å². The summed E-state index contributed by atoms with van der Waals surface area (Å²) in [5, 5.41) is 0.0162. The Morgan fingerprint density at radius 1 is 1.21 bits per heavy atom. The van der Waals surface area contributed by atoms with E-state index in [1.165, 1.54) is 18.2 Å². The molecule has 19 heavy (non-hydrogen) atoms. The van der Waals surface area contributed by atoms with E-state index in [0.717, 1.165) is 4.47 Å². The Morgan fingerprint density at radius 3 is 2.68 bits per heavy atom. The molecule has 5 heteroatoms. The van der Waals surface area contributed by atoms with E-state index in [-0.39, 0.29) is 10.8 Å². The van der Waals surface area contributed by atoms with Gasteiger partial charge in [-0.15, -0.1) is 0 Å². The molecule has 1 atom stereocenters. The molecule has 0 aromatic heterocycles. The summed E-state index contributed by atoms with van der Waals surface area (Å²) >= 11 is 9.22. The molecule has 0 amide bonds. The van der Waals surface area contributed by atoms with E-state index in [9.17, 15) is 8.78 Å². The van der Waals surface area contributed by atoms with Crippen molar-refractivity contribution in [3.8, 4) is 0 Å². The molecule has 2 rings (SSSR count). The molecule has 2 aromatic rings. The molecule has 0 fully saturated rings. The Labute approximate surface area is 123 Å². The van der Waals surface area contributed by atoms with Crippen LogP contribution in [0.1, 0.15) is 17.2 Å². The first-order valence-corrected chi connectivity index (χ1v) is 6.79. The SMILES string of the molecule is NC(Cc1cc(F)ccc1Br)c1cccc(F)c1Cl. The molecule has 0 aliphatic heterocycles. The van der Waals surface area contributed by atoms with E-state index >= 15 is 0 Å². The monoisotopic (exact) mass is 345 g/mol. The molecule has 0 bridgehead atoms. The molecule has 0 aliphatic rings. The Kier molecular flexibility index (Phi) is 4.55. The van der Waals surface area contributed by atoms with Crippen molar-refractivity contribution in [1.29, 1.82) is 0 Å². The van der Waals surface area contributed by atoms with Gasteiger partial charge < -0.3 is 5.73 Å². The average Bonchev–Trinajstić information content (AvgIpc) is 2.37. The zero-order chi connectivity index (χ0) is 14.0. The summed E-state index contributed by atoms with van der Waals surface area (Å²) in [6.45, 7) is 0. The average molecular weight is 347 g/mol. The van der Waals surface area contributed by atoms with Gasteiger partial charge in [-0.2, -0.15) is 0 Å². The summed E-state index contributed by atoms with van der Waals surface area (Å²) in [4.78, 5) is 0. The van der Waals surface area contributed by atoms with E-state index in [1.54, 1.807) is 18.2 Å². The lowest BCUT2D eigenvalue weighted by Gasteiger charge is -2.15. The molecule has 0 radical (unpaired) electrons. The lowest BCUT2D eigenvalue weighted by Crippen LogP contribution is -2.14. The fourth-order valence-electron chi connectivity index (χ4n) is 1.85. The van der Waals surface area contributed by atoms with E-state index in [4.69, 9.17) is 17.3 Å². The van der Waals surface area contributed by atoms with Gasteiger partial charge in [-0.3, -0.25) is 0 Å². The summed E-state index contributed by atoms with van der Waals surface area (Å²) in [6.07, 6.45) is 0.363. The van der Waals surface area contributed by atoms with Crippen molar-refractivity contribution in [3.63, 3.8) is 0 Å². The van der Waals surface area contributed by atoms with Crippen LogP contribution in [0.3, 0.4) is 0 Å². The third-order valence-corrected chi connectivity index (χ3v) is 4.00. The highest BCUT2D eigenvalue weighted by atomic mass is 79.9. The van der Waals surface area contributed by atoms with Gasteiger partial charge >= 0.3 is 0 Å². The number of rotatable bonds is 3. The summed E-state index contributed by atoms with van der Waals surface area (Å²) in [5.41, 5.74) is 7.25. The van der Waals surface area contributed by atoms with Crippen LogP contribution in [0.4, 0.5) is 8.78 Å². The quantitative estimate of drug-likeness (QED) is 0.862. The second-order valence-electron chi connectivity index (χ2n) is 4.19. The van der Waals surface area contributed by atoms with Gasteiger partial charge in [0.15, 0.2) is 0 Å². The van der Waals surface area contributed by atoms with Crippen molar-refractivity contribution in [2.75, 3.05) is 0 Å². The van der Waals surface area contributed by atoms with Crippen LogP contribution in [-0.2, 0) is 6.42 Å². The minimum absolute atomic E-state index is 0.0162.